The number of fused-ring (bicyclic) bond motifs is 1. The van der Waals surface area contributed by atoms with Gasteiger partial charge in [0.15, 0.2) is 0 Å². The topological polar surface area (TPSA) is 103 Å². The summed E-state index contributed by atoms with van der Waals surface area (Å²) in [6, 6.07) is 7.13. The van der Waals surface area contributed by atoms with Gasteiger partial charge in [-0.15, -0.1) is 0 Å². The first-order chi connectivity index (χ1) is 12.0. The van der Waals surface area contributed by atoms with Gasteiger partial charge in [0.25, 0.3) is 0 Å². The van der Waals surface area contributed by atoms with Crippen LogP contribution in [0.3, 0.4) is 0 Å². The highest BCUT2D eigenvalue weighted by atomic mass is 16.2. The van der Waals surface area contributed by atoms with E-state index in [1.165, 1.54) is 12.8 Å². The number of aromatic amines is 1. The SMILES string of the molecule is CN(CCNC(=O)C(Cc1c[nH]c2ccccc12)NC(N)=O)C1CC1. The smallest absolute Gasteiger partial charge is 0.312 e. The maximum atomic E-state index is 12.5. The van der Waals surface area contributed by atoms with Crippen molar-refractivity contribution in [1.82, 2.24) is 20.5 Å². The molecule has 0 radical (unpaired) electrons. The van der Waals surface area contributed by atoms with E-state index in [2.05, 4.69) is 27.6 Å². The minimum atomic E-state index is -0.699. The zero-order valence-corrected chi connectivity index (χ0v) is 14.4. The number of carbonyl (C=O) groups excluding carboxylic acids is 2. The van der Waals surface area contributed by atoms with Gasteiger partial charge in [0, 0.05) is 42.7 Å². The summed E-state index contributed by atoms with van der Waals surface area (Å²) in [7, 11) is 2.06. The molecule has 134 valence electrons. The summed E-state index contributed by atoms with van der Waals surface area (Å²) in [4.78, 5) is 29.2. The molecule has 0 saturated heterocycles. The van der Waals surface area contributed by atoms with Crippen molar-refractivity contribution in [3.8, 4) is 0 Å². The van der Waals surface area contributed by atoms with E-state index in [-0.39, 0.29) is 5.91 Å². The maximum absolute atomic E-state index is 12.5. The first-order valence-corrected chi connectivity index (χ1v) is 8.63. The van der Waals surface area contributed by atoms with Crippen molar-refractivity contribution >= 4 is 22.8 Å². The molecular formula is C18H25N5O2. The van der Waals surface area contributed by atoms with Crippen LogP contribution < -0.4 is 16.4 Å². The Morgan fingerprint density at radius 1 is 1.36 bits per heavy atom. The average molecular weight is 343 g/mol. The minimum absolute atomic E-state index is 0.215. The van der Waals surface area contributed by atoms with Crippen molar-refractivity contribution in [3.05, 3.63) is 36.0 Å². The Balaban J connectivity index is 1.62. The van der Waals surface area contributed by atoms with E-state index in [1.807, 2.05) is 30.5 Å². The summed E-state index contributed by atoms with van der Waals surface area (Å²) in [5.41, 5.74) is 7.23. The van der Waals surface area contributed by atoms with E-state index >= 15 is 0 Å². The van der Waals surface area contributed by atoms with Gasteiger partial charge < -0.3 is 26.3 Å². The van der Waals surface area contributed by atoms with E-state index in [0.717, 1.165) is 23.0 Å². The fourth-order valence-electron chi connectivity index (χ4n) is 3.08. The van der Waals surface area contributed by atoms with Crippen molar-refractivity contribution in [3.63, 3.8) is 0 Å². The van der Waals surface area contributed by atoms with Crippen molar-refractivity contribution in [2.45, 2.75) is 31.3 Å². The molecule has 1 fully saturated rings. The highest BCUT2D eigenvalue weighted by molar-refractivity contribution is 5.88. The van der Waals surface area contributed by atoms with Crippen LogP contribution in [0.2, 0.25) is 0 Å². The lowest BCUT2D eigenvalue weighted by Gasteiger charge is -2.19. The molecule has 1 heterocycles. The van der Waals surface area contributed by atoms with Gasteiger partial charge in [0.2, 0.25) is 5.91 Å². The summed E-state index contributed by atoms with van der Waals surface area (Å²) < 4.78 is 0. The number of rotatable bonds is 8. The molecule has 5 N–H and O–H groups in total. The number of nitrogens with two attached hydrogens (primary N) is 1. The summed E-state index contributed by atoms with van der Waals surface area (Å²) in [6.45, 7) is 1.35. The predicted molar refractivity (Wildman–Crippen MR) is 97.2 cm³/mol. The predicted octanol–water partition coefficient (Wildman–Crippen LogP) is 0.958. The number of amides is 3. The molecule has 1 aromatic carbocycles. The highest BCUT2D eigenvalue weighted by Crippen LogP contribution is 2.24. The number of primary amides is 1. The maximum Gasteiger partial charge on any atom is 0.312 e. The number of aromatic nitrogens is 1. The van der Waals surface area contributed by atoms with Gasteiger partial charge in [-0.1, -0.05) is 18.2 Å². The number of nitrogens with one attached hydrogen (secondary N) is 3. The van der Waals surface area contributed by atoms with Crippen molar-refractivity contribution in [2.24, 2.45) is 5.73 Å². The van der Waals surface area contributed by atoms with E-state index in [0.29, 0.717) is 19.0 Å². The quantitative estimate of drug-likeness (QED) is 0.574. The number of carbonyl (C=O) groups is 2. The second-order valence-electron chi connectivity index (χ2n) is 6.63. The number of likely N-dealkylation sites (N-methyl/N-ethyl adjacent to an activating group) is 1. The van der Waals surface area contributed by atoms with Gasteiger partial charge in [-0.05, 0) is 31.5 Å². The normalized spacial score (nSPS) is 15.3. The van der Waals surface area contributed by atoms with Crippen molar-refractivity contribution < 1.29 is 9.59 Å². The molecule has 1 aliphatic rings. The van der Waals surface area contributed by atoms with Crippen LogP contribution in [0.25, 0.3) is 10.9 Å². The number of para-hydroxylation sites is 1. The molecule has 0 bridgehead atoms. The fourth-order valence-corrected chi connectivity index (χ4v) is 3.08. The largest absolute Gasteiger partial charge is 0.361 e. The summed E-state index contributed by atoms with van der Waals surface area (Å²) in [6.07, 6.45) is 4.72. The van der Waals surface area contributed by atoms with Gasteiger partial charge in [-0.2, -0.15) is 0 Å². The zero-order valence-electron chi connectivity index (χ0n) is 14.4. The Bertz CT molecular complexity index is 753. The molecule has 1 aromatic heterocycles. The van der Waals surface area contributed by atoms with Gasteiger partial charge in [0.1, 0.15) is 6.04 Å². The molecular weight excluding hydrogens is 318 g/mol. The second-order valence-corrected chi connectivity index (χ2v) is 6.63. The van der Waals surface area contributed by atoms with Crippen LogP contribution in [-0.2, 0) is 11.2 Å². The van der Waals surface area contributed by atoms with Crippen LogP contribution in [0.15, 0.2) is 30.5 Å². The van der Waals surface area contributed by atoms with Crippen LogP contribution in [0.1, 0.15) is 18.4 Å². The van der Waals surface area contributed by atoms with Gasteiger partial charge in [-0.25, -0.2) is 4.79 Å². The Morgan fingerprint density at radius 2 is 2.12 bits per heavy atom. The number of nitrogens with zero attached hydrogens (tertiary/aromatic N) is 1. The van der Waals surface area contributed by atoms with E-state index in [4.69, 9.17) is 5.73 Å². The second kappa shape index (κ2) is 7.57. The van der Waals surface area contributed by atoms with Crippen molar-refractivity contribution in [1.29, 1.82) is 0 Å². The zero-order chi connectivity index (χ0) is 17.8. The Hall–Kier alpha value is -2.54. The molecule has 3 rings (SSSR count). The molecule has 1 saturated carbocycles. The van der Waals surface area contributed by atoms with Gasteiger partial charge in [-0.3, -0.25) is 4.79 Å². The van der Waals surface area contributed by atoms with Gasteiger partial charge in [0.05, 0.1) is 0 Å². The van der Waals surface area contributed by atoms with Crippen LogP contribution >= 0.6 is 0 Å². The molecule has 0 aliphatic heterocycles. The van der Waals surface area contributed by atoms with Crippen LogP contribution in [0.5, 0.6) is 0 Å². The van der Waals surface area contributed by atoms with Crippen LogP contribution in [0, 0.1) is 0 Å². The molecule has 1 aliphatic carbocycles. The highest BCUT2D eigenvalue weighted by Gasteiger charge is 2.26. The standard InChI is InChI=1S/C18H25N5O2/c1-23(13-6-7-13)9-8-20-17(24)16(22-18(19)25)10-12-11-21-15-5-3-2-4-14(12)15/h2-5,11,13,16,21H,6-10H2,1H3,(H,20,24)(H3,19,22,25). The van der Waals surface area contributed by atoms with E-state index < -0.39 is 12.1 Å². The molecule has 0 spiro atoms. The van der Waals surface area contributed by atoms with E-state index in [1.54, 1.807) is 0 Å². The lowest BCUT2D eigenvalue weighted by Crippen LogP contribution is -2.50. The third-order valence-electron chi connectivity index (χ3n) is 4.67. The van der Waals surface area contributed by atoms with Crippen LogP contribution in [-0.4, -0.2) is 54.0 Å². The summed E-state index contributed by atoms with van der Waals surface area (Å²) in [5, 5.41) is 6.50. The van der Waals surface area contributed by atoms with Gasteiger partial charge >= 0.3 is 6.03 Å². The molecule has 7 nitrogen and oxygen atoms in total. The monoisotopic (exact) mass is 343 g/mol. The van der Waals surface area contributed by atoms with Crippen LogP contribution in [0.4, 0.5) is 4.79 Å². The minimum Gasteiger partial charge on any atom is -0.361 e. The Kier molecular flexibility index (Phi) is 5.23. The molecule has 3 amide bonds. The fraction of sp³-hybridized carbons (Fsp3) is 0.444. The molecule has 25 heavy (non-hydrogen) atoms. The molecule has 1 atom stereocenters. The Morgan fingerprint density at radius 3 is 2.84 bits per heavy atom. The lowest BCUT2D eigenvalue weighted by atomic mass is 10.0. The first kappa shape index (κ1) is 17.3. The number of hydrogen-bond donors (Lipinski definition) is 4. The first-order valence-electron chi connectivity index (χ1n) is 8.63. The molecule has 7 heteroatoms. The van der Waals surface area contributed by atoms with Crippen molar-refractivity contribution in [2.75, 3.05) is 20.1 Å². The number of urea groups is 1. The Labute approximate surface area is 146 Å². The third kappa shape index (κ3) is 4.51. The summed E-state index contributed by atoms with van der Waals surface area (Å²) >= 11 is 0. The third-order valence-corrected chi connectivity index (χ3v) is 4.67. The number of benzene rings is 1. The summed E-state index contributed by atoms with van der Waals surface area (Å²) in [5.74, 6) is -0.215. The van der Waals surface area contributed by atoms with E-state index in [9.17, 15) is 9.59 Å². The lowest BCUT2D eigenvalue weighted by molar-refractivity contribution is -0.122. The average Bonchev–Trinajstić information content (AvgIpc) is 3.36. The molecule has 2 aromatic rings. The molecule has 1 unspecified atom stereocenters. The number of H-pyrrole nitrogens is 1. The number of hydrogen-bond acceptors (Lipinski definition) is 3.